The summed E-state index contributed by atoms with van der Waals surface area (Å²) in [5.74, 6) is 0. The first-order chi connectivity index (χ1) is 36.2. The van der Waals surface area contributed by atoms with Gasteiger partial charge < -0.3 is 0 Å². The standard InChI is InChI=1S/C72H102Br2Si/c1-11-15-19-23-27-33-49-71(50-34-28-24-20-16-12-2)63-53-55(73)45-47-57(63)60-40-37-41-62(67(60)71)59-39-31-32-43-65(59)75(69(5,6)7,70(8,9)10)66-44-38-42-61-58-48-46-56(74)54-64(58)72(68(61)66,51-35-29-25-21-17-13-3)52-36-30-26-22-18-14-4/h31-32,37-48,53-54H,11-30,33-36,49-52H2,1-10H3. The maximum Gasteiger partial charge on any atom is 0.129 e. The van der Waals surface area contributed by atoms with E-state index in [1.807, 2.05) is 0 Å². The van der Waals surface area contributed by atoms with Crippen LogP contribution < -0.4 is 10.4 Å². The summed E-state index contributed by atoms with van der Waals surface area (Å²) in [5.41, 5.74) is 15.4. The quantitative estimate of drug-likeness (QED) is 0.0306. The molecule has 0 spiro atoms. The first-order valence-electron chi connectivity index (χ1n) is 31.2. The molecule has 0 atom stereocenters. The van der Waals surface area contributed by atoms with Gasteiger partial charge in [-0.1, -0.05) is 328 Å². The maximum absolute atomic E-state index is 4.09. The lowest BCUT2D eigenvalue weighted by Gasteiger charge is -2.55. The third kappa shape index (κ3) is 12.7. The van der Waals surface area contributed by atoms with Gasteiger partial charge in [0.15, 0.2) is 0 Å². The van der Waals surface area contributed by atoms with Crippen LogP contribution in [0, 0.1) is 0 Å². The highest BCUT2D eigenvalue weighted by Crippen LogP contribution is 2.61. The topological polar surface area (TPSA) is 0 Å². The van der Waals surface area contributed by atoms with Crippen molar-refractivity contribution >= 4 is 50.3 Å². The van der Waals surface area contributed by atoms with Crippen molar-refractivity contribution in [1.82, 2.24) is 0 Å². The van der Waals surface area contributed by atoms with Crippen LogP contribution in [0.25, 0.3) is 33.4 Å². The molecule has 2 aliphatic rings. The second kappa shape index (κ2) is 27.4. The first-order valence-corrected chi connectivity index (χ1v) is 34.7. The molecule has 3 heteroatoms. The summed E-state index contributed by atoms with van der Waals surface area (Å²) < 4.78 is 2.44. The predicted molar refractivity (Wildman–Crippen MR) is 343 cm³/mol. The van der Waals surface area contributed by atoms with Gasteiger partial charge in [-0.25, -0.2) is 0 Å². The van der Waals surface area contributed by atoms with Crippen molar-refractivity contribution in [2.24, 2.45) is 0 Å². The molecule has 0 saturated carbocycles. The van der Waals surface area contributed by atoms with E-state index >= 15 is 0 Å². The van der Waals surface area contributed by atoms with E-state index in [-0.39, 0.29) is 20.9 Å². The van der Waals surface area contributed by atoms with Gasteiger partial charge in [-0.3, -0.25) is 0 Å². The van der Waals surface area contributed by atoms with E-state index < -0.39 is 8.07 Å². The molecule has 7 rings (SSSR count). The molecule has 0 fully saturated rings. The summed E-state index contributed by atoms with van der Waals surface area (Å²) in [7, 11) is -2.88. The lowest BCUT2D eigenvalue weighted by molar-refractivity contribution is 0.398. The molecule has 0 heterocycles. The number of halogens is 2. The number of hydrogen-bond donors (Lipinski definition) is 0. The summed E-state index contributed by atoms with van der Waals surface area (Å²) >= 11 is 8.15. The average Bonchev–Trinajstić information content (AvgIpc) is 3.90. The van der Waals surface area contributed by atoms with E-state index in [0.29, 0.717) is 0 Å². The van der Waals surface area contributed by atoms with Crippen molar-refractivity contribution in [2.45, 2.75) is 270 Å². The minimum atomic E-state index is -2.88. The Morgan fingerprint density at radius 2 is 0.653 bits per heavy atom. The molecule has 5 aromatic carbocycles. The Labute approximate surface area is 478 Å². The summed E-state index contributed by atoms with van der Waals surface area (Å²) in [4.78, 5) is 0. The van der Waals surface area contributed by atoms with Gasteiger partial charge in [0.25, 0.3) is 0 Å². The molecule has 2 aliphatic carbocycles. The molecule has 5 aromatic rings. The van der Waals surface area contributed by atoms with Crippen LogP contribution in [-0.4, -0.2) is 8.07 Å². The third-order valence-electron chi connectivity index (χ3n) is 18.8. The molecule has 0 aliphatic heterocycles. The number of benzene rings is 5. The zero-order valence-electron chi connectivity index (χ0n) is 49.3. The van der Waals surface area contributed by atoms with Crippen molar-refractivity contribution in [3.05, 3.63) is 128 Å². The number of unbranched alkanes of at least 4 members (excludes halogenated alkanes) is 20. The zero-order chi connectivity index (χ0) is 53.7. The van der Waals surface area contributed by atoms with Crippen LogP contribution in [0.4, 0.5) is 0 Å². The molecule has 408 valence electrons. The maximum atomic E-state index is 4.09. The van der Waals surface area contributed by atoms with E-state index in [2.05, 4.69) is 198 Å². The van der Waals surface area contributed by atoms with Crippen LogP contribution in [0.5, 0.6) is 0 Å². The van der Waals surface area contributed by atoms with Crippen LogP contribution in [0.2, 0.25) is 10.1 Å². The van der Waals surface area contributed by atoms with Crippen molar-refractivity contribution in [3.8, 4) is 33.4 Å². The molecule has 0 N–H and O–H groups in total. The fourth-order valence-electron chi connectivity index (χ4n) is 15.7. The van der Waals surface area contributed by atoms with Gasteiger partial charge in [0.2, 0.25) is 0 Å². The summed E-state index contributed by atoms with van der Waals surface area (Å²) in [6, 6.07) is 40.1. The van der Waals surface area contributed by atoms with Crippen LogP contribution in [0.3, 0.4) is 0 Å². The average molecular weight is 1160 g/mol. The van der Waals surface area contributed by atoms with E-state index in [4.69, 9.17) is 0 Å². The van der Waals surface area contributed by atoms with Crippen molar-refractivity contribution in [3.63, 3.8) is 0 Å². The minimum Gasteiger partial charge on any atom is -0.0654 e. The Balaban J connectivity index is 1.50. The van der Waals surface area contributed by atoms with Crippen LogP contribution in [-0.2, 0) is 10.8 Å². The SMILES string of the molecule is CCCCCCCCC1(CCCCCCCC)c2cc(Br)ccc2-c2cccc(-c3ccccc3[Si](c3cccc4c3C(CCCCCCCC)(CCCCCCCC)c3cc(Br)ccc3-4)(C(C)(C)C)C(C)(C)C)c21. The first kappa shape index (κ1) is 59.9. The van der Waals surface area contributed by atoms with Gasteiger partial charge >= 0.3 is 0 Å². The van der Waals surface area contributed by atoms with Gasteiger partial charge in [-0.05, 0) is 126 Å². The van der Waals surface area contributed by atoms with E-state index in [0.717, 1.165) is 0 Å². The van der Waals surface area contributed by atoms with Gasteiger partial charge in [0.05, 0.1) is 0 Å². The minimum absolute atomic E-state index is 0.0300. The van der Waals surface area contributed by atoms with E-state index in [1.54, 1.807) is 32.6 Å². The van der Waals surface area contributed by atoms with Gasteiger partial charge in [0, 0.05) is 19.8 Å². The van der Waals surface area contributed by atoms with Gasteiger partial charge in [0.1, 0.15) is 8.07 Å². The van der Waals surface area contributed by atoms with Crippen LogP contribution in [0.1, 0.15) is 271 Å². The lowest BCUT2D eigenvalue weighted by atomic mass is 9.68. The second-order valence-electron chi connectivity index (χ2n) is 25.9. The van der Waals surface area contributed by atoms with Crippen molar-refractivity contribution in [2.75, 3.05) is 0 Å². The Kier molecular flexibility index (Phi) is 21.9. The molecular formula is C72H102Br2Si. The smallest absolute Gasteiger partial charge is 0.0654 e. The Bertz CT molecular complexity index is 2540. The summed E-state index contributed by atoms with van der Waals surface area (Å²) in [5, 5.41) is 3.29. The third-order valence-corrected chi connectivity index (χ3v) is 26.7. The Morgan fingerprint density at radius 1 is 0.333 bits per heavy atom. The van der Waals surface area contributed by atoms with Gasteiger partial charge in [-0.2, -0.15) is 0 Å². The van der Waals surface area contributed by atoms with Crippen LogP contribution in [0.15, 0.2) is 106 Å². The normalized spacial score (nSPS) is 14.5. The monoisotopic (exact) mass is 1150 g/mol. The molecule has 0 aromatic heterocycles. The highest BCUT2D eigenvalue weighted by molar-refractivity contribution is 9.10. The lowest BCUT2D eigenvalue weighted by Crippen LogP contribution is -2.71. The van der Waals surface area contributed by atoms with E-state index in [1.165, 1.54) is 222 Å². The van der Waals surface area contributed by atoms with Crippen molar-refractivity contribution < 1.29 is 0 Å². The largest absolute Gasteiger partial charge is 0.129 e. The Hall–Kier alpha value is -2.72. The zero-order valence-corrected chi connectivity index (χ0v) is 53.5. The Morgan fingerprint density at radius 3 is 1.07 bits per heavy atom. The molecule has 0 radical (unpaired) electrons. The summed E-state index contributed by atoms with van der Waals surface area (Å²) in [6.07, 6.45) is 36.6. The molecule has 75 heavy (non-hydrogen) atoms. The molecule has 0 nitrogen and oxygen atoms in total. The molecule has 0 saturated heterocycles. The molecule has 0 bridgehead atoms. The molecule has 0 amide bonds. The predicted octanol–water partition coefficient (Wildman–Crippen LogP) is 23.6. The van der Waals surface area contributed by atoms with Gasteiger partial charge in [-0.15, -0.1) is 0 Å². The number of fused-ring (bicyclic) bond motifs is 6. The summed E-state index contributed by atoms with van der Waals surface area (Å²) in [6.45, 7) is 25.4. The van der Waals surface area contributed by atoms with Crippen molar-refractivity contribution in [1.29, 1.82) is 0 Å². The fraction of sp³-hybridized carbons (Fsp3) is 0.583. The number of rotatable bonds is 31. The van der Waals surface area contributed by atoms with Crippen LogP contribution >= 0.6 is 31.9 Å². The molecular weight excluding hydrogens is 1050 g/mol. The molecule has 0 unspecified atom stereocenters. The van der Waals surface area contributed by atoms with E-state index in [9.17, 15) is 0 Å². The highest BCUT2D eigenvalue weighted by Gasteiger charge is 2.60. The highest BCUT2D eigenvalue weighted by atomic mass is 79.9. The number of hydrogen-bond acceptors (Lipinski definition) is 0. The second-order valence-corrected chi connectivity index (χ2v) is 33.3. The fourth-order valence-corrected chi connectivity index (χ4v) is 24.3.